The van der Waals surface area contributed by atoms with Crippen LogP contribution in [0.5, 0.6) is 0 Å². The number of hydrogen-bond donors (Lipinski definition) is 1. The highest BCUT2D eigenvalue weighted by atomic mass is 32.1. The van der Waals surface area contributed by atoms with Crippen LogP contribution in [0.15, 0.2) is 88.3 Å². The number of allylic oxidation sites excluding steroid dienone is 3. The highest BCUT2D eigenvalue weighted by molar-refractivity contribution is 7.80. The monoisotopic (exact) mass is 386 g/mol. The highest BCUT2D eigenvalue weighted by Gasteiger charge is 2.04. The van der Waals surface area contributed by atoms with Gasteiger partial charge in [0.25, 0.3) is 0 Å². The first-order chi connectivity index (χ1) is 13.4. The Morgan fingerprint density at radius 2 is 1.61 bits per heavy atom. The Balaban J connectivity index is 1.81. The maximum Gasteiger partial charge on any atom is 0.0844 e. The van der Waals surface area contributed by atoms with E-state index < -0.39 is 0 Å². The average Bonchev–Trinajstić information content (AvgIpc) is 2.69. The molecule has 0 unspecified atom stereocenters. The zero-order valence-electron chi connectivity index (χ0n) is 16.8. The summed E-state index contributed by atoms with van der Waals surface area (Å²) in [4.78, 5) is 7.81. The molecule has 3 rings (SSSR count). The van der Waals surface area contributed by atoms with Gasteiger partial charge in [0.2, 0.25) is 0 Å². The molecule has 142 valence electrons. The quantitative estimate of drug-likeness (QED) is 0.285. The van der Waals surface area contributed by atoms with Crippen LogP contribution in [0.3, 0.4) is 0 Å². The highest BCUT2D eigenvalue weighted by Crippen LogP contribution is 2.32. The fraction of sp³-hybridized carbons (Fsp3) is 0.160. The van der Waals surface area contributed by atoms with Gasteiger partial charge < -0.3 is 4.90 Å². The van der Waals surface area contributed by atoms with E-state index in [0.29, 0.717) is 0 Å². The van der Waals surface area contributed by atoms with Crippen LogP contribution < -0.4 is 4.90 Å². The molecular formula is C25H26N2S. The average molecular weight is 387 g/mol. The third kappa shape index (κ3) is 4.93. The number of benzene rings is 3. The zero-order valence-corrected chi connectivity index (χ0v) is 17.7. The third-order valence-corrected chi connectivity index (χ3v) is 4.92. The van der Waals surface area contributed by atoms with Crippen LogP contribution in [0.4, 0.5) is 11.4 Å². The number of hydrogen-bond acceptors (Lipinski definition) is 3. The molecule has 0 aliphatic rings. The van der Waals surface area contributed by atoms with E-state index in [1.807, 2.05) is 39.2 Å². The number of nitrogens with zero attached hydrogens (tertiary/aromatic N) is 2. The summed E-state index contributed by atoms with van der Waals surface area (Å²) in [6.45, 7) is 4.12. The van der Waals surface area contributed by atoms with E-state index in [1.54, 1.807) is 0 Å². The van der Waals surface area contributed by atoms with Crippen molar-refractivity contribution in [3.05, 3.63) is 84.0 Å². The van der Waals surface area contributed by atoms with Gasteiger partial charge in [-0.2, -0.15) is 0 Å². The van der Waals surface area contributed by atoms with Gasteiger partial charge >= 0.3 is 0 Å². The van der Waals surface area contributed by atoms with Gasteiger partial charge in [0.1, 0.15) is 0 Å². The van der Waals surface area contributed by atoms with E-state index in [2.05, 4.69) is 85.1 Å². The van der Waals surface area contributed by atoms with Gasteiger partial charge in [0, 0.05) is 35.8 Å². The molecule has 3 aromatic carbocycles. The van der Waals surface area contributed by atoms with Crippen LogP contribution in [-0.4, -0.2) is 19.8 Å². The topological polar surface area (TPSA) is 15.6 Å². The largest absolute Gasteiger partial charge is 0.378 e. The molecule has 0 amide bonds. The van der Waals surface area contributed by atoms with Gasteiger partial charge in [0.05, 0.1) is 5.69 Å². The van der Waals surface area contributed by atoms with Gasteiger partial charge in [-0.05, 0) is 49.1 Å². The molecule has 3 aromatic rings. The van der Waals surface area contributed by atoms with Crippen molar-refractivity contribution in [1.29, 1.82) is 0 Å². The van der Waals surface area contributed by atoms with Crippen molar-refractivity contribution in [2.45, 2.75) is 18.7 Å². The van der Waals surface area contributed by atoms with Crippen LogP contribution in [0.25, 0.3) is 16.8 Å². The Morgan fingerprint density at radius 3 is 2.32 bits per heavy atom. The molecule has 0 aliphatic heterocycles. The molecule has 28 heavy (non-hydrogen) atoms. The number of aliphatic imine (C=N–C) groups is 1. The summed E-state index contributed by atoms with van der Waals surface area (Å²) < 4.78 is 0. The van der Waals surface area contributed by atoms with E-state index in [0.717, 1.165) is 21.7 Å². The molecule has 3 heteroatoms. The fourth-order valence-electron chi connectivity index (χ4n) is 3.01. The standard InChI is InChI=1S/C25H26N2S/c1-18(17-20-11-14-22(15-12-20)27(3)4)9-10-19(2)26-25-23-8-6-5-7-21(23)13-16-24(25)28/h5-17,28H,1-4H3/b10-9-,18-17-,26-19?. The SMILES string of the molecule is CC(/C=C\C(C)=C/c1ccc(N(C)C)cc1)=Nc1c(S)ccc2ccccc12. The van der Waals surface area contributed by atoms with Gasteiger partial charge in [-0.25, -0.2) is 0 Å². The van der Waals surface area contributed by atoms with Crippen molar-refractivity contribution < 1.29 is 0 Å². The summed E-state index contributed by atoms with van der Waals surface area (Å²) in [5, 5.41) is 2.30. The molecule has 0 saturated carbocycles. The van der Waals surface area contributed by atoms with Crippen LogP contribution in [0.2, 0.25) is 0 Å². The summed E-state index contributed by atoms with van der Waals surface area (Å²) in [6, 6.07) is 20.9. The van der Waals surface area contributed by atoms with Gasteiger partial charge in [-0.3, -0.25) is 4.99 Å². The Labute approximate surface area is 173 Å². The second-order valence-electron chi connectivity index (χ2n) is 7.12. The first-order valence-corrected chi connectivity index (χ1v) is 9.78. The smallest absolute Gasteiger partial charge is 0.0844 e. The molecular weight excluding hydrogens is 360 g/mol. The van der Waals surface area contributed by atoms with E-state index >= 15 is 0 Å². The molecule has 0 fully saturated rings. The molecule has 0 bridgehead atoms. The van der Waals surface area contributed by atoms with E-state index in [9.17, 15) is 0 Å². The zero-order chi connectivity index (χ0) is 20.1. The Bertz CT molecular complexity index is 1060. The Kier molecular flexibility index (Phi) is 6.37. The second kappa shape index (κ2) is 8.94. The second-order valence-corrected chi connectivity index (χ2v) is 7.60. The summed E-state index contributed by atoms with van der Waals surface area (Å²) in [6.07, 6.45) is 6.32. The van der Waals surface area contributed by atoms with Crippen LogP contribution in [0.1, 0.15) is 19.4 Å². The summed E-state index contributed by atoms with van der Waals surface area (Å²) >= 11 is 4.60. The van der Waals surface area contributed by atoms with Gasteiger partial charge in [-0.1, -0.05) is 60.2 Å². The number of thiol groups is 1. The van der Waals surface area contributed by atoms with Crippen molar-refractivity contribution in [1.82, 2.24) is 0 Å². The van der Waals surface area contributed by atoms with E-state index in [4.69, 9.17) is 4.99 Å². The lowest BCUT2D eigenvalue weighted by Gasteiger charge is -2.11. The Morgan fingerprint density at radius 1 is 0.893 bits per heavy atom. The lowest BCUT2D eigenvalue weighted by atomic mass is 10.1. The fourth-order valence-corrected chi connectivity index (χ4v) is 3.25. The maximum absolute atomic E-state index is 4.82. The summed E-state index contributed by atoms with van der Waals surface area (Å²) in [5.41, 5.74) is 5.43. The first-order valence-electron chi connectivity index (χ1n) is 9.34. The lowest BCUT2D eigenvalue weighted by Crippen LogP contribution is -2.07. The molecule has 0 atom stereocenters. The van der Waals surface area contributed by atoms with Crippen LogP contribution in [-0.2, 0) is 0 Å². The molecule has 0 radical (unpaired) electrons. The number of fused-ring (bicyclic) bond motifs is 1. The van der Waals surface area contributed by atoms with Crippen molar-refractivity contribution in [3.63, 3.8) is 0 Å². The summed E-state index contributed by atoms with van der Waals surface area (Å²) in [5.74, 6) is 0. The molecule has 0 heterocycles. The molecule has 0 aliphatic carbocycles. The molecule has 0 spiro atoms. The molecule has 0 saturated heterocycles. The van der Waals surface area contributed by atoms with Gasteiger partial charge in [-0.15, -0.1) is 12.6 Å². The third-order valence-electron chi connectivity index (χ3n) is 4.56. The predicted molar refractivity (Wildman–Crippen MR) is 128 cm³/mol. The van der Waals surface area contributed by atoms with E-state index in [1.165, 1.54) is 22.2 Å². The van der Waals surface area contributed by atoms with Crippen LogP contribution >= 0.6 is 12.6 Å². The lowest BCUT2D eigenvalue weighted by molar-refractivity contribution is 1.13. The predicted octanol–water partition coefficient (Wildman–Crippen LogP) is 6.95. The molecule has 2 nitrogen and oxygen atoms in total. The Hall–Kier alpha value is -2.78. The normalized spacial score (nSPS) is 12.8. The molecule has 0 aromatic heterocycles. The first kappa shape index (κ1) is 20.0. The van der Waals surface area contributed by atoms with E-state index in [-0.39, 0.29) is 0 Å². The van der Waals surface area contributed by atoms with Crippen molar-refractivity contribution in [2.75, 3.05) is 19.0 Å². The minimum Gasteiger partial charge on any atom is -0.378 e. The van der Waals surface area contributed by atoms with Crippen molar-refractivity contribution in [2.24, 2.45) is 4.99 Å². The minimum atomic E-state index is 0.889. The minimum absolute atomic E-state index is 0.889. The van der Waals surface area contributed by atoms with Crippen molar-refractivity contribution in [3.8, 4) is 0 Å². The maximum atomic E-state index is 4.82. The number of anilines is 1. The van der Waals surface area contributed by atoms with Crippen molar-refractivity contribution >= 4 is 46.6 Å². The summed E-state index contributed by atoms with van der Waals surface area (Å²) in [7, 11) is 4.10. The number of rotatable bonds is 5. The molecule has 0 N–H and O–H groups in total. The van der Waals surface area contributed by atoms with Crippen LogP contribution in [0, 0.1) is 0 Å². The van der Waals surface area contributed by atoms with Gasteiger partial charge in [0.15, 0.2) is 0 Å².